The molecular weight excluding hydrogens is 226 g/mol. The second kappa shape index (κ2) is 5.11. The number of anilines is 1. The van der Waals surface area contributed by atoms with Crippen molar-refractivity contribution in [1.82, 2.24) is 4.98 Å². The molecule has 2 rings (SSSR count). The number of pyridine rings is 1. The number of hydrogen-bond donors (Lipinski definition) is 1. The quantitative estimate of drug-likeness (QED) is 0.872. The second-order valence-electron chi connectivity index (χ2n) is 3.83. The highest BCUT2D eigenvalue weighted by Crippen LogP contribution is 2.09. The molecule has 1 amide bonds. The molecule has 4 nitrogen and oxygen atoms in total. The molecule has 4 heteroatoms. The van der Waals surface area contributed by atoms with Crippen LogP contribution in [0.5, 0.6) is 0 Å². The molecule has 0 spiro atoms. The van der Waals surface area contributed by atoms with Crippen LogP contribution in [0.25, 0.3) is 0 Å². The molecule has 0 atom stereocenters. The van der Waals surface area contributed by atoms with Crippen molar-refractivity contribution in [3.63, 3.8) is 0 Å². The molecule has 1 heterocycles. The number of amides is 1. The molecular formula is C14H11N3O. The molecule has 1 N–H and O–H groups in total. The Morgan fingerprint density at radius 2 is 1.94 bits per heavy atom. The van der Waals surface area contributed by atoms with Crippen molar-refractivity contribution in [1.29, 1.82) is 5.26 Å². The van der Waals surface area contributed by atoms with Crippen molar-refractivity contribution in [2.24, 2.45) is 0 Å². The predicted molar refractivity (Wildman–Crippen MR) is 68.1 cm³/mol. The highest BCUT2D eigenvalue weighted by atomic mass is 16.1. The molecule has 0 radical (unpaired) electrons. The number of carbonyl (C=O) groups excluding carboxylic acids is 1. The lowest BCUT2D eigenvalue weighted by Crippen LogP contribution is -2.11. The first-order valence-electron chi connectivity index (χ1n) is 5.43. The van der Waals surface area contributed by atoms with Crippen LogP contribution < -0.4 is 5.32 Å². The maximum absolute atomic E-state index is 11.9. The van der Waals surface area contributed by atoms with Gasteiger partial charge in [-0.15, -0.1) is 0 Å². The average Bonchev–Trinajstić information content (AvgIpc) is 2.41. The van der Waals surface area contributed by atoms with Crippen molar-refractivity contribution >= 4 is 11.6 Å². The Labute approximate surface area is 105 Å². The minimum atomic E-state index is -0.217. The molecule has 0 saturated carbocycles. The summed E-state index contributed by atoms with van der Waals surface area (Å²) < 4.78 is 0. The van der Waals surface area contributed by atoms with Gasteiger partial charge in [0, 0.05) is 11.3 Å². The zero-order chi connectivity index (χ0) is 13.0. The van der Waals surface area contributed by atoms with Gasteiger partial charge in [0.1, 0.15) is 0 Å². The normalized spacial score (nSPS) is 9.56. The van der Waals surface area contributed by atoms with Crippen LogP contribution in [0.4, 0.5) is 5.69 Å². The van der Waals surface area contributed by atoms with E-state index in [9.17, 15) is 4.79 Å². The number of aromatic nitrogens is 1. The van der Waals surface area contributed by atoms with Crippen LogP contribution in [0.15, 0.2) is 42.6 Å². The van der Waals surface area contributed by atoms with Gasteiger partial charge in [0.15, 0.2) is 0 Å². The van der Waals surface area contributed by atoms with Gasteiger partial charge < -0.3 is 5.32 Å². The van der Waals surface area contributed by atoms with Crippen LogP contribution in [-0.4, -0.2) is 10.9 Å². The lowest BCUT2D eigenvalue weighted by molar-refractivity contribution is 0.102. The zero-order valence-electron chi connectivity index (χ0n) is 9.84. The molecule has 0 saturated heterocycles. The van der Waals surface area contributed by atoms with Crippen molar-refractivity contribution in [2.45, 2.75) is 6.92 Å². The third kappa shape index (κ3) is 2.71. The summed E-state index contributed by atoms with van der Waals surface area (Å²) in [7, 11) is 0. The molecule has 2 aromatic rings. The number of benzene rings is 1. The summed E-state index contributed by atoms with van der Waals surface area (Å²) >= 11 is 0. The standard InChI is InChI=1S/C14H11N3O/c1-10-2-7-13(9-16-10)17-14(18)12-5-3-11(8-15)4-6-12/h2-7,9H,1H3,(H,17,18). The molecule has 0 fully saturated rings. The van der Waals surface area contributed by atoms with Crippen molar-refractivity contribution in [3.05, 3.63) is 59.4 Å². The van der Waals surface area contributed by atoms with Gasteiger partial charge in [-0.25, -0.2) is 0 Å². The Morgan fingerprint density at radius 1 is 1.22 bits per heavy atom. The highest BCUT2D eigenvalue weighted by Gasteiger charge is 2.05. The summed E-state index contributed by atoms with van der Waals surface area (Å²) in [4.78, 5) is 16.0. The fraction of sp³-hybridized carbons (Fsp3) is 0.0714. The first-order chi connectivity index (χ1) is 8.69. The minimum absolute atomic E-state index is 0.217. The van der Waals surface area contributed by atoms with Gasteiger partial charge in [-0.2, -0.15) is 5.26 Å². The van der Waals surface area contributed by atoms with Crippen LogP contribution in [-0.2, 0) is 0 Å². The minimum Gasteiger partial charge on any atom is -0.321 e. The number of aryl methyl sites for hydroxylation is 1. The van der Waals surface area contributed by atoms with E-state index in [1.54, 1.807) is 36.5 Å². The number of nitrogens with zero attached hydrogens (tertiary/aromatic N) is 2. The third-order valence-electron chi connectivity index (χ3n) is 2.45. The van der Waals surface area contributed by atoms with E-state index in [4.69, 9.17) is 5.26 Å². The molecule has 0 aliphatic carbocycles. The molecule has 0 aliphatic heterocycles. The number of hydrogen-bond acceptors (Lipinski definition) is 3. The highest BCUT2D eigenvalue weighted by molar-refractivity contribution is 6.04. The second-order valence-corrected chi connectivity index (χ2v) is 3.83. The van der Waals surface area contributed by atoms with Crippen molar-refractivity contribution in [2.75, 3.05) is 5.32 Å². The van der Waals surface area contributed by atoms with Crippen LogP contribution in [0.2, 0.25) is 0 Å². The first kappa shape index (κ1) is 11.8. The van der Waals surface area contributed by atoms with Gasteiger partial charge in [-0.1, -0.05) is 0 Å². The molecule has 1 aromatic carbocycles. The summed E-state index contributed by atoms with van der Waals surface area (Å²) in [6, 6.07) is 12.1. The summed E-state index contributed by atoms with van der Waals surface area (Å²) in [5.41, 5.74) is 2.58. The van der Waals surface area contributed by atoms with Crippen LogP contribution in [0, 0.1) is 18.3 Å². The Kier molecular flexibility index (Phi) is 3.35. The van der Waals surface area contributed by atoms with E-state index in [2.05, 4.69) is 10.3 Å². The van der Waals surface area contributed by atoms with Crippen LogP contribution in [0.3, 0.4) is 0 Å². The van der Waals surface area contributed by atoms with E-state index in [0.29, 0.717) is 16.8 Å². The van der Waals surface area contributed by atoms with E-state index in [1.165, 1.54) is 0 Å². The van der Waals surface area contributed by atoms with Crippen LogP contribution >= 0.6 is 0 Å². The van der Waals surface area contributed by atoms with Crippen molar-refractivity contribution < 1.29 is 4.79 Å². The zero-order valence-corrected chi connectivity index (χ0v) is 9.84. The number of rotatable bonds is 2. The Hall–Kier alpha value is -2.67. The molecule has 88 valence electrons. The van der Waals surface area contributed by atoms with Gasteiger partial charge >= 0.3 is 0 Å². The molecule has 1 aromatic heterocycles. The number of carbonyl (C=O) groups is 1. The largest absolute Gasteiger partial charge is 0.321 e. The maximum Gasteiger partial charge on any atom is 0.255 e. The van der Waals surface area contributed by atoms with E-state index in [0.717, 1.165) is 5.69 Å². The SMILES string of the molecule is Cc1ccc(NC(=O)c2ccc(C#N)cc2)cn1. The summed E-state index contributed by atoms with van der Waals surface area (Å²) in [6.45, 7) is 1.88. The maximum atomic E-state index is 11.9. The topological polar surface area (TPSA) is 65.8 Å². The van der Waals surface area contributed by atoms with E-state index in [-0.39, 0.29) is 5.91 Å². The fourth-order valence-electron chi connectivity index (χ4n) is 1.44. The lowest BCUT2D eigenvalue weighted by Gasteiger charge is -2.04. The van der Waals surface area contributed by atoms with Gasteiger partial charge in [0.05, 0.1) is 23.5 Å². The monoisotopic (exact) mass is 237 g/mol. The van der Waals surface area contributed by atoms with Gasteiger partial charge in [0.25, 0.3) is 5.91 Å². The van der Waals surface area contributed by atoms with E-state index in [1.807, 2.05) is 19.1 Å². The lowest BCUT2D eigenvalue weighted by atomic mass is 10.1. The molecule has 0 aliphatic rings. The molecule has 0 unspecified atom stereocenters. The average molecular weight is 237 g/mol. The summed E-state index contributed by atoms with van der Waals surface area (Å²) in [5, 5.41) is 11.4. The van der Waals surface area contributed by atoms with Crippen LogP contribution in [0.1, 0.15) is 21.6 Å². The third-order valence-corrected chi connectivity index (χ3v) is 2.45. The predicted octanol–water partition coefficient (Wildman–Crippen LogP) is 2.51. The number of nitriles is 1. The van der Waals surface area contributed by atoms with Gasteiger partial charge in [0.2, 0.25) is 0 Å². The first-order valence-corrected chi connectivity index (χ1v) is 5.43. The van der Waals surface area contributed by atoms with Gasteiger partial charge in [-0.05, 0) is 43.3 Å². The smallest absolute Gasteiger partial charge is 0.255 e. The molecule has 0 bridgehead atoms. The Bertz CT molecular complexity index is 594. The molecule has 18 heavy (non-hydrogen) atoms. The number of nitrogens with one attached hydrogen (secondary N) is 1. The Morgan fingerprint density at radius 3 is 2.50 bits per heavy atom. The summed E-state index contributed by atoms with van der Waals surface area (Å²) in [6.07, 6.45) is 1.61. The Balaban J connectivity index is 2.12. The van der Waals surface area contributed by atoms with E-state index >= 15 is 0 Å². The van der Waals surface area contributed by atoms with Crippen molar-refractivity contribution in [3.8, 4) is 6.07 Å². The van der Waals surface area contributed by atoms with Gasteiger partial charge in [-0.3, -0.25) is 9.78 Å². The van der Waals surface area contributed by atoms with E-state index < -0.39 is 0 Å². The summed E-state index contributed by atoms with van der Waals surface area (Å²) in [5.74, 6) is -0.217. The fourth-order valence-corrected chi connectivity index (χ4v) is 1.44.